The third-order valence-electron chi connectivity index (χ3n) is 3.89. The van der Waals surface area contributed by atoms with Gasteiger partial charge in [-0.25, -0.2) is 21.6 Å². The molecule has 0 amide bonds. The van der Waals surface area contributed by atoms with Crippen molar-refractivity contribution in [2.45, 2.75) is 22.8 Å². The van der Waals surface area contributed by atoms with Gasteiger partial charge in [-0.2, -0.15) is 0 Å². The van der Waals surface area contributed by atoms with Crippen LogP contribution in [0.3, 0.4) is 0 Å². The summed E-state index contributed by atoms with van der Waals surface area (Å²) in [5.74, 6) is -0.0294. The fraction of sp³-hybridized carbons (Fsp3) is 0.412. The Bertz CT molecular complexity index is 903. The highest BCUT2D eigenvalue weighted by molar-refractivity contribution is 7.93. The minimum atomic E-state index is -3.70. The standard InChI is InChI=1S/C17H24N2O4S3/c1-4-12-25(20,21)18-13-16(26(22,23)17-6-5-11-24-17)14-7-9-15(10-8-14)19(2)3/h5-11,16,18H,4,12-13H2,1-3H3/t16-/m0/s1. The Labute approximate surface area is 159 Å². The second kappa shape index (κ2) is 8.51. The van der Waals surface area contributed by atoms with Crippen molar-refractivity contribution in [1.29, 1.82) is 0 Å². The SMILES string of the molecule is CCCS(=O)(=O)NC[C@@H](c1ccc(N(C)C)cc1)S(=O)(=O)c1cccs1. The Morgan fingerprint density at radius 2 is 1.73 bits per heavy atom. The molecule has 0 aliphatic heterocycles. The predicted molar refractivity (Wildman–Crippen MR) is 107 cm³/mol. The molecule has 1 heterocycles. The molecule has 0 fully saturated rings. The van der Waals surface area contributed by atoms with Gasteiger partial charge in [-0.3, -0.25) is 0 Å². The fourth-order valence-corrected chi connectivity index (χ4v) is 6.58. The Balaban J connectivity index is 2.38. The third kappa shape index (κ3) is 5.06. The number of benzene rings is 1. The summed E-state index contributed by atoms with van der Waals surface area (Å²) in [6, 6.07) is 10.3. The molecule has 6 nitrogen and oxygen atoms in total. The molecule has 0 radical (unpaired) electrons. The molecule has 0 bridgehead atoms. The number of hydrogen-bond acceptors (Lipinski definition) is 6. The van der Waals surface area contributed by atoms with Crippen LogP contribution in [0.1, 0.15) is 24.2 Å². The van der Waals surface area contributed by atoms with Gasteiger partial charge in [-0.05, 0) is 35.6 Å². The van der Waals surface area contributed by atoms with Gasteiger partial charge in [0.15, 0.2) is 9.84 Å². The molecule has 144 valence electrons. The summed E-state index contributed by atoms with van der Waals surface area (Å²) in [6.45, 7) is 1.57. The molecule has 0 saturated carbocycles. The molecule has 26 heavy (non-hydrogen) atoms. The number of nitrogens with zero attached hydrogens (tertiary/aromatic N) is 1. The quantitative estimate of drug-likeness (QED) is 0.679. The highest BCUT2D eigenvalue weighted by atomic mass is 32.2. The number of thiophene rings is 1. The van der Waals surface area contributed by atoms with E-state index in [1.807, 2.05) is 31.1 Å². The molecular formula is C17H24N2O4S3. The van der Waals surface area contributed by atoms with Crippen molar-refractivity contribution in [2.75, 3.05) is 31.3 Å². The van der Waals surface area contributed by atoms with Crippen molar-refractivity contribution in [3.63, 3.8) is 0 Å². The largest absolute Gasteiger partial charge is 0.378 e. The van der Waals surface area contributed by atoms with E-state index in [0.29, 0.717) is 12.0 Å². The van der Waals surface area contributed by atoms with E-state index in [0.717, 1.165) is 17.0 Å². The van der Waals surface area contributed by atoms with E-state index in [4.69, 9.17) is 0 Å². The summed E-state index contributed by atoms with van der Waals surface area (Å²) < 4.78 is 52.8. The maximum Gasteiger partial charge on any atom is 0.211 e. The lowest BCUT2D eigenvalue weighted by atomic mass is 10.1. The molecule has 2 rings (SSSR count). The minimum Gasteiger partial charge on any atom is -0.378 e. The molecule has 0 spiro atoms. The van der Waals surface area contributed by atoms with E-state index in [2.05, 4.69) is 4.72 Å². The van der Waals surface area contributed by atoms with Crippen LogP contribution in [-0.4, -0.2) is 43.2 Å². The highest BCUT2D eigenvalue weighted by Crippen LogP contribution is 2.32. The lowest BCUT2D eigenvalue weighted by Crippen LogP contribution is -2.33. The Morgan fingerprint density at radius 1 is 1.08 bits per heavy atom. The van der Waals surface area contributed by atoms with Crippen LogP contribution in [0.2, 0.25) is 0 Å². The lowest BCUT2D eigenvalue weighted by Gasteiger charge is -2.19. The van der Waals surface area contributed by atoms with Crippen molar-refractivity contribution >= 4 is 36.9 Å². The topological polar surface area (TPSA) is 83.6 Å². The first-order chi connectivity index (χ1) is 12.2. The van der Waals surface area contributed by atoms with Crippen LogP contribution < -0.4 is 9.62 Å². The van der Waals surface area contributed by atoms with Crippen LogP contribution in [0.5, 0.6) is 0 Å². The van der Waals surface area contributed by atoms with E-state index < -0.39 is 25.1 Å². The van der Waals surface area contributed by atoms with E-state index >= 15 is 0 Å². The van der Waals surface area contributed by atoms with Crippen LogP contribution >= 0.6 is 11.3 Å². The van der Waals surface area contributed by atoms with Crippen LogP contribution in [0.4, 0.5) is 5.69 Å². The molecule has 1 aromatic heterocycles. The van der Waals surface area contributed by atoms with Gasteiger partial charge in [-0.1, -0.05) is 25.1 Å². The highest BCUT2D eigenvalue weighted by Gasteiger charge is 2.31. The molecule has 1 atom stereocenters. The normalized spacial score (nSPS) is 13.5. The van der Waals surface area contributed by atoms with Crippen molar-refractivity contribution in [1.82, 2.24) is 4.72 Å². The average molecular weight is 417 g/mol. The first-order valence-corrected chi connectivity index (χ1v) is 12.3. The second-order valence-electron chi connectivity index (χ2n) is 6.12. The molecule has 0 unspecified atom stereocenters. The van der Waals surface area contributed by atoms with E-state index in [-0.39, 0.29) is 16.5 Å². The van der Waals surface area contributed by atoms with Gasteiger partial charge in [-0.15, -0.1) is 11.3 Å². The average Bonchev–Trinajstić information content (AvgIpc) is 3.10. The zero-order chi connectivity index (χ0) is 19.4. The van der Waals surface area contributed by atoms with Crippen LogP contribution in [-0.2, 0) is 19.9 Å². The summed E-state index contributed by atoms with van der Waals surface area (Å²) in [7, 11) is -3.41. The van der Waals surface area contributed by atoms with Gasteiger partial charge in [0.2, 0.25) is 10.0 Å². The van der Waals surface area contributed by atoms with Gasteiger partial charge < -0.3 is 4.90 Å². The third-order valence-corrected chi connectivity index (χ3v) is 8.98. The Hall–Kier alpha value is -1.42. The zero-order valence-corrected chi connectivity index (χ0v) is 17.5. The monoisotopic (exact) mass is 416 g/mol. The molecular weight excluding hydrogens is 392 g/mol. The number of sulfonamides is 1. The molecule has 2 aromatic rings. The van der Waals surface area contributed by atoms with Crippen molar-refractivity contribution in [3.8, 4) is 0 Å². The summed E-state index contributed by atoms with van der Waals surface area (Å²) >= 11 is 1.13. The maximum atomic E-state index is 13.1. The van der Waals surface area contributed by atoms with Gasteiger partial charge in [0.05, 0.1) is 5.75 Å². The fourth-order valence-electron chi connectivity index (χ4n) is 2.50. The summed E-state index contributed by atoms with van der Waals surface area (Å²) in [5, 5.41) is 0.712. The first kappa shape index (κ1) is 20.9. The van der Waals surface area contributed by atoms with Crippen LogP contribution in [0.25, 0.3) is 0 Å². The van der Waals surface area contributed by atoms with Gasteiger partial charge in [0, 0.05) is 26.3 Å². The molecule has 0 saturated heterocycles. The van der Waals surface area contributed by atoms with Crippen molar-refractivity contribution < 1.29 is 16.8 Å². The first-order valence-electron chi connectivity index (χ1n) is 8.19. The molecule has 1 aromatic carbocycles. The van der Waals surface area contributed by atoms with E-state index in [9.17, 15) is 16.8 Å². The van der Waals surface area contributed by atoms with E-state index in [1.165, 1.54) is 0 Å². The van der Waals surface area contributed by atoms with Crippen molar-refractivity contribution in [3.05, 3.63) is 47.3 Å². The summed E-state index contributed by atoms with van der Waals surface area (Å²) in [4.78, 5) is 1.91. The zero-order valence-electron chi connectivity index (χ0n) is 15.0. The lowest BCUT2D eigenvalue weighted by molar-refractivity contribution is 0.569. The van der Waals surface area contributed by atoms with Gasteiger partial charge in [0.1, 0.15) is 9.46 Å². The van der Waals surface area contributed by atoms with E-state index in [1.54, 1.807) is 36.6 Å². The number of sulfone groups is 1. The Kier molecular flexibility index (Phi) is 6.84. The van der Waals surface area contributed by atoms with Crippen LogP contribution in [0, 0.1) is 0 Å². The number of hydrogen-bond donors (Lipinski definition) is 1. The molecule has 9 heteroatoms. The minimum absolute atomic E-state index is 0.0294. The van der Waals surface area contributed by atoms with Crippen LogP contribution in [0.15, 0.2) is 46.0 Å². The summed E-state index contributed by atoms with van der Waals surface area (Å²) in [5.41, 5.74) is 1.50. The smallest absolute Gasteiger partial charge is 0.211 e. The van der Waals surface area contributed by atoms with Gasteiger partial charge in [0.25, 0.3) is 0 Å². The van der Waals surface area contributed by atoms with Crippen molar-refractivity contribution in [2.24, 2.45) is 0 Å². The molecule has 1 N–H and O–H groups in total. The van der Waals surface area contributed by atoms with Gasteiger partial charge >= 0.3 is 0 Å². The number of nitrogens with one attached hydrogen (secondary N) is 1. The second-order valence-corrected chi connectivity index (χ2v) is 11.4. The maximum absolute atomic E-state index is 13.1. The number of rotatable bonds is 9. The summed E-state index contributed by atoms with van der Waals surface area (Å²) in [6.07, 6.45) is 0.467. The number of anilines is 1. The predicted octanol–water partition coefficient (Wildman–Crippen LogP) is 2.66. The molecule has 0 aliphatic carbocycles. The molecule has 0 aliphatic rings. The Morgan fingerprint density at radius 3 is 2.23 bits per heavy atom.